The summed E-state index contributed by atoms with van der Waals surface area (Å²) in [6.45, 7) is 3.08. The third-order valence-electron chi connectivity index (χ3n) is 2.94. The average molecular weight is 267 g/mol. The molecule has 1 N–H and O–H groups in total. The smallest absolute Gasteiger partial charge is 0.0627 e. The van der Waals surface area contributed by atoms with Crippen LogP contribution in [0.25, 0.3) is 10.9 Å². The Morgan fingerprint density at radius 1 is 1.40 bits per heavy atom. The Kier molecular flexibility index (Phi) is 2.85. The summed E-state index contributed by atoms with van der Waals surface area (Å²) in [6.07, 6.45) is 0. The van der Waals surface area contributed by atoms with Crippen molar-refractivity contribution in [3.05, 3.63) is 33.9 Å². The zero-order valence-corrected chi connectivity index (χ0v) is 10.9. The Morgan fingerprint density at radius 3 is 2.80 bits per heavy atom. The standard InChI is InChI=1S/C12H15BrN2/c1-8-10(7-14-2)9-5-4-6-11(13)12(9)15(8)3/h4-6,14H,7H2,1-3H3. The van der Waals surface area contributed by atoms with Crippen LogP contribution < -0.4 is 5.32 Å². The van der Waals surface area contributed by atoms with Crippen molar-refractivity contribution in [1.82, 2.24) is 9.88 Å². The summed E-state index contributed by atoms with van der Waals surface area (Å²) in [4.78, 5) is 0. The number of benzene rings is 1. The zero-order chi connectivity index (χ0) is 11.0. The minimum absolute atomic E-state index is 0.916. The largest absolute Gasteiger partial charge is 0.347 e. The fourth-order valence-electron chi connectivity index (χ4n) is 2.06. The summed E-state index contributed by atoms with van der Waals surface area (Å²) in [6, 6.07) is 6.36. The normalized spacial score (nSPS) is 11.2. The van der Waals surface area contributed by atoms with Gasteiger partial charge in [-0.15, -0.1) is 0 Å². The van der Waals surface area contributed by atoms with Crippen LogP contribution >= 0.6 is 15.9 Å². The number of hydrogen-bond acceptors (Lipinski definition) is 1. The van der Waals surface area contributed by atoms with Gasteiger partial charge in [0, 0.05) is 29.1 Å². The van der Waals surface area contributed by atoms with Gasteiger partial charge in [-0.2, -0.15) is 0 Å². The van der Waals surface area contributed by atoms with Gasteiger partial charge in [0.25, 0.3) is 0 Å². The molecule has 0 aliphatic carbocycles. The SMILES string of the molecule is CNCc1c(C)n(C)c2c(Br)cccc12. The second-order valence-electron chi connectivity index (χ2n) is 3.79. The monoisotopic (exact) mass is 266 g/mol. The molecule has 0 atom stereocenters. The molecule has 0 radical (unpaired) electrons. The summed E-state index contributed by atoms with van der Waals surface area (Å²) in [7, 11) is 4.10. The van der Waals surface area contributed by atoms with Crippen molar-refractivity contribution in [2.24, 2.45) is 7.05 Å². The molecule has 2 aromatic rings. The van der Waals surface area contributed by atoms with Crippen molar-refractivity contribution in [2.45, 2.75) is 13.5 Å². The highest BCUT2D eigenvalue weighted by atomic mass is 79.9. The summed E-state index contributed by atoms with van der Waals surface area (Å²) in [5.41, 5.74) is 3.99. The molecule has 1 aromatic carbocycles. The second kappa shape index (κ2) is 3.99. The lowest BCUT2D eigenvalue weighted by molar-refractivity contribution is 0.801. The molecule has 0 spiro atoms. The van der Waals surface area contributed by atoms with Gasteiger partial charge in [0.1, 0.15) is 0 Å². The molecular formula is C12H15BrN2. The van der Waals surface area contributed by atoms with E-state index < -0.39 is 0 Å². The first kappa shape index (κ1) is 10.7. The number of para-hydroxylation sites is 1. The first-order valence-corrected chi connectivity index (χ1v) is 5.83. The van der Waals surface area contributed by atoms with Crippen molar-refractivity contribution in [1.29, 1.82) is 0 Å². The minimum Gasteiger partial charge on any atom is -0.347 e. The van der Waals surface area contributed by atoms with E-state index in [1.165, 1.54) is 22.2 Å². The molecule has 1 heterocycles. The first-order chi connectivity index (χ1) is 7.16. The van der Waals surface area contributed by atoms with Crippen LogP contribution in [0.2, 0.25) is 0 Å². The number of halogens is 1. The van der Waals surface area contributed by atoms with Gasteiger partial charge < -0.3 is 9.88 Å². The number of hydrogen-bond donors (Lipinski definition) is 1. The van der Waals surface area contributed by atoms with E-state index >= 15 is 0 Å². The Bertz CT molecular complexity index is 500. The van der Waals surface area contributed by atoms with Gasteiger partial charge in [-0.1, -0.05) is 12.1 Å². The predicted octanol–water partition coefficient (Wildman–Crippen LogP) is 2.97. The summed E-state index contributed by atoms with van der Waals surface area (Å²) < 4.78 is 3.40. The number of aromatic nitrogens is 1. The lowest BCUT2D eigenvalue weighted by atomic mass is 10.1. The Labute approximate surface area is 98.4 Å². The van der Waals surface area contributed by atoms with E-state index in [1.54, 1.807) is 0 Å². The molecule has 15 heavy (non-hydrogen) atoms. The predicted molar refractivity (Wildman–Crippen MR) is 68.1 cm³/mol. The summed E-state index contributed by atoms with van der Waals surface area (Å²) >= 11 is 3.61. The van der Waals surface area contributed by atoms with Crippen LogP contribution in [0, 0.1) is 6.92 Å². The van der Waals surface area contributed by atoms with E-state index in [9.17, 15) is 0 Å². The molecule has 2 rings (SSSR count). The molecule has 0 amide bonds. The molecule has 0 aliphatic heterocycles. The van der Waals surface area contributed by atoms with E-state index in [1.807, 2.05) is 7.05 Å². The van der Waals surface area contributed by atoms with Crippen molar-refractivity contribution in [2.75, 3.05) is 7.05 Å². The van der Waals surface area contributed by atoms with Gasteiger partial charge in [-0.25, -0.2) is 0 Å². The molecule has 0 bridgehead atoms. The maximum Gasteiger partial charge on any atom is 0.0627 e. The summed E-state index contributed by atoms with van der Waals surface area (Å²) in [5.74, 6) is 0. The molecule has 0 saturated carbocycles. The number of nitrogens with zero attached hydrogens (tertiary/aromatic N) is 1. The van der Waals surface area contributed by atoms with Crippen LogP contribution in [0.15, 0.2) is 22.7 Å². The third kappa shape index (κ3) is 1.60. The van der Waals surface area contributed by atoms with Gasteiger partial charge >= 0.3 is 0 Å². The highest BCUT2D eigenvalue weighted by molar-refractivity contribution is 9.10. The first-order valence-electron chi connectivity index (χ1n) is 5.03. The highest BCUT2D eigenvalue weighted by Crippen LogP contribution is 2.30. The van der Waals surface area contributed by atoms with Crippen LogP contribution in [0.1, 0.15) is 11.3 Å². The Balaban J connectivity index is 2.81. The fraction of sp³-hybridized carbons (Fsp3) is 0.333. The third-order valence-corrected chi connectivity index (χ3v) is 3.58. The molecule has 2 nitrogen and oxygen atoms in total. The molecule has 0 saturated heterocycles. The van der Waals surface area contributed by atoms with Crippen LogP contribution in [0.4, 0.5) is 0 Å². The number of rotatable bonds is 2. The molecule has 3 heteroatoms. The number of nitrogens with one attached hydrogen (secondary N) is 1. The van der Waals surface area contributed by atoms with Gasteiger partial charge in [0.2, 0.25) is 0 Å². The van der Waals surface area contributed by atoms with Gasteiger partial charge in [0.15, 0.2) is 0 Å². The van der Waals surface area contributed by atoms with Crippen LogP contribution in [0.3, 0.4) is 0 Å². The minimum atomic E-state index is 0.916. The Hall–Kier alpha value is -0.800. The van der Waals surface area contributed by atoms with Crippen molar-refractivity contribution < 1.29 is 0 Å². The highest BCUT2D eigenvalue weighted by Gasteiger charge is 2.12. The van der Waals surface area contributed by atoms with Crippen LogP contribution in [0.5, 0.6) is 0 Å². The van der Waals surface area contributed by atoms with E-state index in [2.05, 4.69) is 58.0 Å². The van der Waals surface area contributed by atoms with Gasteiger partial charge in [-0.05, 0) is 41.5 Å². The maximum absolute atomic E-state index is 3.61. The number of aryl methyl sites for hydroxylation is 1. The maximum atomic E-state index is 3.61. The molecule has 0 fully saturated rings. The van der Waals surface area contributed by atoms with Gasteiger partial charge in [0.05, 0.1) is 5.52 Å². The van der Waals surface area contributed by atoms with Crippen LogP contribution in [-0.2, 0) is 13.6 Å². The number of fused-ring (bicyclic) bond motifs is 1. The quantitative estimate of drug-likeness (QED) is 0.885. The average Bonchev–Trinajstić information content (AvgIpc) is 2.45. The van der Waals surface area contributed by atoms with E-state index in [0.29, 0.717) is 0 Å². The molecule has 80 valence electrons. The van der Waals surface area contributed by atoms with E-state index in [4.69, 9.17) is 0 Å². The lowest BCUT2D eigenvalue weighted by Crippen LogP contribution is -2.06. The Morgan fingerprint density at radius 2 is 2.13 bits per heavy atom. The van der Waals surface area contributed by atoms with Crippen molar-refractivity contribution in [3.63, 3.8) is 0 Å². The van der Waals surface area contributed by atoms with E-state index in [-0.39, 0.29) is 0 Å². The van der Waals surface area contributed by atoms with Crippen LogP contribution in [-0.4, -0.2) is 11.6 Å². The lowest BCUT2D eigenvalue weighted by Gasteiger charge is -2.00. The molecule has 0 aliphatic rings. The molecular weight excluding hydrogens is 252 g/mol. The zero-order valence-electron chi connectivity index (χ0n) is 9.26. The van der Waals surface area contributed by atoms with Crippen molar-refractivity contribution in [3.8, 4) is 0 Å². The fourth-order valence-corrected chi connectivity index (χ4v) is 2.70. The molecule has 0 unspecified atom stereocenters. The van der Waals surface area contributed by atoms with Crippen molar-refractivity contribution >= 4 is 26.8 Å². The van der Waals surface area contributed by atoms with E-state index in [0.717, 1.165) is 11.0 Å². The second-order valence-corrected chi connectivity index (χ2v) is 4.64. The molecule has 1 aromatic heterocycles. The summed E-state index contributed by atoms with van der Waals surface area (Å²) in [5, 5.41) is 4.55. The van der Waals surface area contributed by atoms with Gasteiger partial charge in [-0.3, -0.25) is 0 Å². The topological polar surface area (TPSA) is 17.0 Å².